The van der Waals surface area contributed by atoms with Crippen molar-refractivity contribution in [2.24, 2.45) is 11.1 Å². The van der Waals surface area contributed by atoms with Crippen molar-refractivity contribution in [3.8, 4) is 0 Å². The number of likely N-dealkylation sites (tertiary alicyclic amines) is 1. The molecule has 20 heavy (non-hydrogen) atoms. The first kappa shape index (κ1) is 15.5. The van der Waals surface area contributed by atoms with Gasteiger partial charge in [-0.1, -0.05) is 52.0 Å². The molecule has 1 aliphatic rings. The first-order valence-corrected chi connectivity index (χ1v) is 7.84. The second-order valence-electron chi connectivity index (χ2n) is 7.74. The number of hydrogen-bond donors (Lipinski definition) is 1. The van der Waals surface area contributed by atoms with Crippen LogP contribution in [0.3, 0.4) is 0 Å². The van der Waals surface area contributed by atoms with Crippen molar-refractivity contribution in [3.63, 3.8) is 0 Å². The predicted molar refractivity (Wildman–Crippen MR) is 86.8 cm³/mol. The van der Waals surface area contributed by atoms with Gasteiger partial charge in [0.1, 0.15) is 0 Å². The highest BCUT2D eigenvalue weighted by Gasteiger charge is 2.28. The first-order chi connectivity index (χ1) is 9.32. The minimum absolute atomic E-state index is 0.243. The number of hydrogen-bond acceptors (Lipinski definition) is 2. The summed E-state index contributed by atoms with van der Waals surface area (Å²) in [6, 6.07) is 9.14. The van der Waals surface area contributed by atoms with Gasteiger partial charge in [-0.25, -0.2) is 0 Å². The summed E-state index contributed by atoms with van der Waals surface area (Å²) >= 11 is 0. The monoisotopic (exact) mass is 274 g/mol. The van der Waals surface area contributed by atoms with Crippen LogP contribution in [0.15, 0.2) is 24.3 Å². The van der Waals surface area contributed by atoms with Gasteiger partial charge in [0.25, 0.3) is 0 Å². The number of nitrogens with zero attached hydrogens (tertiary/aromatic N) is 1. The van der Waals surface area contributed by atoms with Crippen molar-refractivity contribution >= 4 is 0 Å². The fourth-order valence-corrected chi connectivity index (χ4v) is 2.82. The van der Waals surface area contributed by atoms with Crippen LogP contribution in [-0.2, 0) is 12.0 Å². The van der Waals surface area contributed by atoms with Gasteiger partial charge >= 0.3 is 0 Å². The highest BCUT2D eigenvalue weighted by molar-refractivity contribution is 5.27. The summed E-state index contributed by atoms with van der Waals surface area (Å²) in [7, 11) is 0. The SMILES string of the molecule is CC1(CN)CCN(Cc2ccc(C(C)(C)C)cc2)CC1. The Labute approximate surface area is 124 Å². The van der Waals surface area contributed by atoms with Gasteiger partial charge in [0.05, 0.1) is 0 Å². The Hall–Kier alpha value is -0.860. The number of benzene rings is 1. The molecule has 0 atom stereocenters. The van der Waals surface area contributed by atoms with E-state index < -0.39 is 0 Å². The lowest BCUT2D eigenvalue weighted by molar-refractivity contribution is 0.119. The van der Waals surface area contributed by atoms with E-state index in [4.69, 9.17) is 5.73 Å². The Morgan fingerprint density at radius 1 is 1.10 bits per heavy atom. The Balaban J connectivity index is 1.92. The maximum Gasteiger partial charge on any atom is 0.0233 e. The molecule has 0 amide bonds. The molecule has 0 unspecified atom stereocenters. The quantitative estimate of drug-likeness (QED) is 0.913. The highest BCUT2D eigenvalue weighted by Crippen LogP contribution is 2.30. The van der Waals surface area contributed by atoms with Gasteiger partial charge in [0, 0.05) is 6.54 Å². The normalized spacial score (nSPS) is 20.1. The van der Waals surface area contributed by atoms with Crippen molar-refractivity contribution in [2.75, 3.05) is 19.6 Å². The smallest absolute Gasteiger partial charge is 0.0233 e. The van der Waals surface area contributed by atoms with E-state index in [1.165, 1.54) is 37.1 Å². The molecule has 0 aliphatic carbocycles. The van der Waals surface area contributed by atoms with Gasteiger partial charge in [0.15, 0.2) is 0 Å². The molecule has 0 bridgehead atoms. The molecule has 2 nitrogen and oxygen atoms in total. The molecule has 0 spiro atoms. The van der Waals surface area contributed by atoms with Gasteiger partial charge < -0.3 is 5.73 Å². The van der Waals surface area contributed by atoms with Crippen LogP contribution in [0, 0.1) is 5.41 Å². The van der Waals surface area contributed by atoms with Crippen LogP contribution in [-0.4, -0.2) is 24.5 Å². The maximum atomic E-state index is 5.87. The highest BCUT2D eigenvalue weighted by atomic mass is 15.1. The molecule has 2 heteroatoms. The van der Waals surface area contributed by atoms with E-state index in [1.54, 1.807) is 0 Å². The number of nitrogens with two attached hydrogens (primary N) is 1. The van der Waals surface area contributed by atoms with Crippen LogP contribution in [0.5, 0.6) is 0 Å². The van der Waals surface area contributed by atoms with Crippen LogP contribution in [0.25, 0.3) is 0 Å². The van der Waals surface area contributed by atoms with E-state index in [-0.39, 0.29) is 5.41 Å². The summed E-state index contributed by atoms with van der Waals surface area (Å²) in [5, 5.41) is 0. The molecule has 112 valence electrons. The van der Waals surface area contributed by atoms with Gasteiger partial charge in [-0.15, -0.1) is 0 Å². The third-order valence-corrected chi connectivity index (χ3v) is 4.78. The minimum atomic E-state index is 0.243. The van der Waals surface area contributed by atoms with E-state index in [1.807, 2.05) is 0 Å². The Bertz CT molecular complexity index is 420. The molecular weight excluding hydrogens is 244 g/mol. The van der Waals surface area contributed by atoms with Crippen molar-refractivity contribution in [3.05, 3.63) is 35.4 Å². The molecule has 0 aromatic heterocycles. The van der Waals surface area contributed by atoms with Crippen LogP contribution >= 0.6 is 0 Å². The number of piperidine rings is 1. The molecular formula is C18H30N2. The van der Waals surface area contributed by atoms with E-state index in [9.17, 15) is 0 Å². The Morgan fingerprint density at radius 3 is 2.10 bits per heavy atom. The lowest BCUT2D eigenvalue weighted by Gasteiger charge is -2.38. The molecule has 1 aromatic rings. The molecule has 0 radical (unpaired) electrons. The fourth-order valence-electron chi connectivity index (χ4n) is 2.82. The van der Waals surface area contributed by atoms with Crippen molar-refractivity contribution in [2.45, 2.75) is 52.5 Å². The zero-order valence-corrected chi connectivity index (χ0v) is 13.6. The standard InChI is InChI=1S/C18H30N2/c1-17(2,3)16-7-5-15(6-8-16)13-20-11-9-18(4,14-19)10-12-20/h5-8H,9-14,19H2,1-4H3. The molecule has 1 aliphatic heterocycles. The predicted octanol–water partition coefficient (Wildman–Crippen LogP) is 3.54. The summed E-state index contributed by atoms with van der Waals surface area (Å²) in [6.45, 7) is 13.4. The average molecular weight is 274 g/mol. The number of rotatable bonds is 3. The van der Waals surface area contributed by atoms with Gasteiger partial charge in [-0.05, 0) is 54.4 Å². The molecule has 1 aromatic carbocycles. The average Bonchev–Trinajstić information content (AvgIpc) is 2.41. The van der Waals surface area contributed by atoms with Gasteiger partial charge in [-0.2, -0.15) is 0 Å². The van der Waals surface area contributed by atoms with Gasteiger partial charge in [0.2, 0.25) is 0 Å². The summed E-state index contributed by atoms with van der Waals surface area (Å²) in [6.07, 6.45) is 2.45. The summed E-state index contributed by atoms with van der Waals surface area (Å²) in [5.41, 5.74) is 9.32. The zero-order chi connectivity index (χ0) is 14.8. The second-order valence-corrected chi connectivity index (χ2v) is 7.74. The second kappa shape index (κ2) is 5.87. The Kier molecular flexibility index (Phi) is 4.55. The lowest BCUT2D eigenvalue weighted by Crippen LogP contribution is -2.41. The largest absolute Gasteiger partial charge is 0.330 e. The van der Waals surface area contributed by atoms with Crippen LogP contribution in [0.2, 0.25) is 0 Å². The fraction of sp³-hybridized carbons (Fsp3) is 0.667. The van der Waals surface area contributed by atoms with Crippen LogP contribution in [0.1, 0.15) is 51.7 Å². The van der Waals surface area contributed by atoms with Gasteiger partial charge in [-0.3, -0.25) is 4.90 Å². The third-order valence-electron chi connectivity index (χ3n) is 4.78. The molecule has 1 heterocycles. The molecule has 1 fully saturated rings. The minimum Gasteiger partial charge on any atom is -0.330 e. The topological polar surface area (TPSA) is 29.3 Å². The third kappa shape index (κ3) is 3.83. The molecule has 2 N–H and O–H groups in total. The summed E-state index contributed by atoms with van der Waals surface area (Å²) in [5.74, 6) is 0. The molecule has 1 saturated heterocycles. The summed E-state index contributed by atoms with van der Waals surface area (Å²) in [4.78, 5) is 2.56. The van der Waals surface area contributed by atoms with Crippen molar-refractivity contribution in [1.82, 2.24) is 4.90 Å². The van der Waals surface area contributed by atoms with E-state index in [2.05, 4.69) is 56.9 Å². The van der Waals surface area contributed by atoms with Crippen molar-refractivity contribution < 1.29 is 0 Å². The Morgan fingerprint density at radius 2 is 1.65 bits per heavy atom. The maximum absolute atomic E-state index is 5.87. The van der Waals surface area contributed by atoms with E-state index >= 15 is 0 Å². The summed E-state index contributed by atoms with van der Waals surface area (Å²) < 4.78 is 0. The van der Waals surface area contributed by atoms with E-state index in [0.29, 0.717) is 5.41 Å². The van der Waals surface area contributed by atoms with Crippen LogP contribution < -0.4 is 5.73 Å². The first-order valence-electron chi connectivity index (χ1n) is 7.84. The molecule has 2 rings (SSSR count). The lowest BCUT2D eigenvalue weighted by atomic mass is 9.80. The zero-order valence-electron chi connectivity index (χ0n) is 13.6. The molecule has 0 saturated carbocycles. The van der Waals surface area contributed by atoms with E-state index in [0.717, 1.165) is 13.1 Å². The van der Waals surface area contributed by atoms with Crippen molar-refractivity contribution in [1.29, 1.82) is 0 Å². The van der Waals surface area contributed by atoms with Crippen LogP contribution in [0.4, 0.5) is 0 Å².